The Labute approximate surface area is 193 Å². The van der Waals surface area contributed by atoms with Crippen LogP contribution < -0.4 is 14.7 Å². The third-order valence-corrected chi connectivity index (χ3v) is 6.71. The van der Waals surface area contributed by atoms with Crippen LogP contribution in [0.15, 0.2) is 60.9 Å². The largest absolute Gasteiger partial charge is 0.356 e. The number of halogens is 1. The molecule has 1 saturated heterocycles. The number of carbonyl (C=O) groups is 1. The molecule has 7 heteroatoms. The van der Waals surface area contributed by atoms with Gasteiger partial charge in [0.15, 0.2) is 0 Å². The molecule has 0 radical (unpaired) electrons. The summed E-state index contributed by atoms with van der Waals surface area (Å²) in [6.45, 7) is 2.57. The third kappa shape index (κ3) is 4.02. The van der Waals surface area contributed by atoms with Gasteiger partial charge in [-0.1, -0.05) is 41.9 Å². The molecule has 2 aliphatic heterocycles. The third-order valence-electron chi connectivity index (χ3n) is 6.45. The molecule has 0 unspecified atom stereocenters. The Morgan fingerprint density at radius 3 is 2.31 bits per heavy atom. The molecule has 3 aromatic rings. The lowest BCUT2D eigenvalue weighted by atomic mass is 9.89. The fraction of sp³-hybridized carbons (Fsp3) is 0.320. The highest BCUT2D eigenvalue weighted by Crippen LogP contribution is 2.35. The van der Waals surface area contributed by atoms with Crippen molar-refractivity contribution in [2.45, 2.75) is 25.3 Å². The molecule has 0 saturated carbocycles. The summed E-state index contributed by atoms with van der Waals surface area (Å²) >= 11 is 6.07. The molecule has 164 valence electrons. The van der Waals surface area contributed by atoms with Crippen molar-refractivity contribution in [1.29, 1.82) is 0 Å². The first-order valence-electron chi connectivity index (χ1n) is 11.0. The minimum atomic E-state index is 0.0292. The Hall–Kier alpha value is -3.12. The second-order valence-corrected chi connectivity index (χ2v) is 8.92. The van der Waals surface area contributed by atoms with Gasteiger partial charge in [0.25, 0.3) is 0 Å². The first-order valence-corrected chi connectivity index (χ1v) is 11.4. The van der Waals surface area contributed by atoms with Gasteiger partial charge < -0.3 is 14.7 Å². The lowest BCUT2D eigenvalue weighted by molar-refractivity contribution is -0.117. The second kappa shape index (κ2) is 8.79. The highest BCUT2D eigenvalue weighted by atomic mass is 35.5. The Bertz CT molecular complexity index is 1100. The zero-order valence-corrected chi connectivity index (χ0v) is 18.9. The normalized spacial score (nSPS) is 17.3. The molecule has 0 bridgehead atoms. The maximum atomic E-state index is 13.1. The summed E-state index contributed by atoms with van der Waals surface area (Å²) < 4.78 is 0. The van der Waals surface area contributed by atoms with E-state index in [-0.39, 0.29) is 12.5 Å². The van der Waals surface area contributed by atoms with Gasteiger partial charge in [-0.3, -0.25) is 4.79 Å². The van der Waals surface area contributed by atoms with Crippen molar-refractivity contribution >= 4 is 34.8 Å². The van der Waals surface area contributed by atoms with Crippen LogP contribution in [0.25, 0.3) is 0 Å². The van der Waals surface area contributed by atoms with Crippen LogP contribution in [0.1, 0.15) is 29.9 Å². The van der Waals surface area contributed by atoms with E-state index < -0.39 is 0 Å². The Balaban J connectivity index is 1.43. The lowest BCUT2D eigenvalue weighted by Crippen LogP contribution is -2.36. The van der Waals surface area contributed by atoms with Crippen LogP contribution in [0.3, 0.4) is 0 Å². The molecule has 6 nitrogen and oxygen atoms in total. The highest BCUT2D eigenvalue weighted by Gasteiger charge is 2.31. The maximum absolute atomic E-state index is 13.1. The number of fused-ring (bicyclic) bond motifs is 1. The molecule has 1 amide bonds. The van der Waals surface area contributed by atoms with E-state index in [0.29, 0.717) is 17.5 Å². The van der Waals surface area contributed by atoms with Crippen LogP contribution in [-0.4, -0.2) is 42.6 Å². The SMILES string of the molecule is CN1CC(=O)N(c2ccc(Cl)cc2)Cc2c1ncnc2N1CCC(c2ccccc2)CC1. The van der Waals surface area contributed by atoms with Crippen LogP contribution in [0.2, 0.25) is 5.02 Å². The molecule has 3 heterocycles. The van der Waals surface area contributed by atoms with Crippen LogP contribution in [0.4, 0.5) is 17.3 Å². The summed E-state index contributed by atoms with van der Waals surface area (Å²) in [4.78, 5) is 28.4. The van der Waals surface area contributed by atoms with Crippen molar-refractivity contribution in [1.82, 2.24) is 9.97 Å². The molecule has 0 spiro atoms. The van der Waals surface area contributed by atoms with E-state index in [9.17, 15) is 4.79 Å². The predicted molar refractivity (Wildman–Crippen MR) is 129 cm³/mol. The van der Waals surface area contributed by atoms with Gasteiger partial charge in [0.1, 0.15) is 18.0 Å². The van der Waals surface area contributed by atoms with Crippen molar-refractivity contribution in [2.75, 3.05) is 41.4 Å². The zero-order valence-electron chi connectivity index (χ0n) is 18.1. The van der Waals surface area contributed by atoms with Crippen molar-refractivity contribution in [3.63, 3.8) is 0 Å². The number of nitrogens with zero attached hydrogens (tertiary/aromatic N) is 5. The molecule has 1 fully saturated rings. The number of anilines is 3. The van der Waals surface area contributed by atoms with E-state index in [1.54, 1.807) is 6.33 Å². The minimum absolute atomic E-state index is 0.0292. The standard InChI is InChI=1S/C25H26ClN5O/c1-29-16-23(32)31(21-9-7-20(26)8-10-21)15-22-24(29)27-17-28-25(22)30-13-11-19(12-14-30)18-5-3-2-4-6-18/h2-10,17,19H,11-16H2,1H3. The van der Waals surface area contributed by atoms with Gasteiger partial charge >= 0.3 is 0 Å². The fourth-order valence-electron chi connectivity index (χ4n) is 4.75. The topological polar surface area (TPSA) is 52.6 Å². The van der Waals surface area contributed by atoms with Gasteiger partial charge in [0, 0.05) is 30.8 Å². The van der Waals surface area contributed by atoms with E-state index in [2.05, 4.69) is 45.2 Å². The number of benzene rings is 2. The molecule has 1 aromatic heterocycles. The van der Waals surface area contributed by atoms with E-state index in [4.69, 9.17) is 11.6 Å². The number of rotatable bonds is 3. The van der Waals surface area contributed by atoms with Crippen LogP contribution in [-0.2, 0) is 11.3 Å². The van der Waals surface area contributed by atoms with Gasteiger partial charge in [-0.2, -0.15) is 0 Å². The van der Waals surface area contributed by atoms with Crippen molar-refractivity contribution in [3.8, 4) is 0 Å². The number of amides is 1. The Kier molecular flexibility index (Phi) is 5.70. The number of carbonyl (C=O) groups excluding carboxylic acids is 1. The molecular formula is C25H26ClN5O. The average Bonchev–Trinajstić information content (AvgIpc) is 2.96. The van der Waals surface area contributed by atoms with Crippen LogP contribution in [0.5, 0.6) is 0 Å². The van der Waals surface area contributed by atoms with Gasteiger partial charge in [0.2, 0.25) is 5.91 Å². The predicted octanol–water partition coefficient (Wildman–Crippen LogP) is 4.50. The van der Waals surface area contributed by atoms with E-state index in [0.717, 1.165) is 48.8 Å². The second-order valence-electron chi connectivity index (χ2n) is 8.48. The molecule has 0 aliphatic carbocycles. The number of piperidine rings is 1. The fourth-order valence-corrected chi connectivity index (χ4v) is 4.88. The zero-order chi connectivity index (χ0) is 22.1. The first kappa shape index (κ1) is 20.8. The van der Waals surface area contributed by atoms with Gasteiger partial charge in [-0.05, 0) is 48.6 Å². The summed E-state index contributed by atoms with van der Waals surface area (Å²) in [7, 11) is 1.92. The molecule has 0 N–H and O–H groups in total. The maximum Gasteiger partial charge on any atom is 0.246 e. The van der Waals surface area contributed by atoms with E-state index >= 15 is 0 Å². The van der Waals surface area contributed by atoms with Crippen LogP contribution in [0, 0.1) is 0 Å². The number of likely N-dealkylation sites (N-methyl/N-ethyl adjacent to an activating group) is 1. The van der Waals surface area contributed by atoms with E-state index in [1.807, 2.05) is 41.1 Å². The summed E-state index contributed by atoms with van der Waals surface area (Å²) in [6.07, 6.45) is 3.79. The minimum Gasteiger partial charge on any atom is -0.356 e. The van der Waals surface area contributed by atoms with Crippen molar-refractivity contribution in [2.24, 2.45) is 0 Å². The monoisotopic (exact) mass is 447 g/mol. The number of hydrogen-bond donors (Lipinski definition) is 0. The summed E-state index contributed by atoms with van der Waals surface area (Å²) in [6, 6.07) is 18.2. The molecule has 2 aromatic carbocycles. The highest BCUT2D eigenvalue weighted by molar-refractivity contribution is 6.30. The van der Waals surface area contributed by atoms with Crippen molar-refractivity contribution < 1.29 is 4.79 Å². The van der Waals surface area contributed by atoms with Gasteiger partial charge in [0.05, 0.1) is 18.7 Å². The molecule has 2 aliphatic rings. The summed E-state index contributed by atoms with van der Waals surface area (Å²) in [5.74, 6) is 2.36. The average molecular weight is 448 g/mol. The quantitative estimate of drug-likeness (QED) is 0.591. The molecular weight excluding hydrogens is 422 g/mol. The molecule has 5 rings (SSSR count). The van der Waals surface area contributed by atoms with E-state index in [1.165, 1.54) is 5.56 Å². The molecule has 0 atom stereocenters. The smallest absolute Gasteiger partial charge is 0.246 e. The van der Waals surface area contributed by atoms with Gasteiger partial charge in [-0.25, -0.2) is 9.97 Å². The summed E-state index contributed by atoms with van der Waals surface area (Å²) in [5.41, 5.74) is 3.24. The molecule has 32 heavy (non-hydrogen) atoms. The van der Waals surface area contributed by atoms with Crippen LogP contribution >= 0.6 is 11.6 Å². The Morgan fingerprint density at radius 2 is 1.59 bits per heavy atom. The number of hydrogen-bond acceptors (Lipinski definition) is 5. The Morgan fingerprint density at radius 1 is 0.906 bits per heavy atom. The summed E-state index contributed by atoms with van der Waals surface area (Å²) in [5, 5.41) is 0.652. The van der Waals surface area contributed by atoms with Crippen molar-refractivity contribution in [3.05, 3.63) is 77.1 Å². The first-order chi connectivity index (χ1) is 15.6. The number of aromatic nitrogens is 2. The van der Waals surface area contributed by atoms with Gasteiger partial charge in [-0.15, -0.1) is 0 Å². The lowest BCUT2D eigenvalue weighted by Gasteiger charge is -2.34.